The predicted octanol–water partition coefficient (Wildman–Crippen LogP) is 1.12. The summed E-state index contributed by atoms with van der Waals surface area (Å²) in [6, 6.07) is 6.63. The first-order valence-electron chi connectivity index (χ1n) is 5.95. The van der Waals surface area contributed by atoms with E-state index in [2.05, 4.69) is 5.32 Å². The van der Waals surface area contributed by atoms with Crippen molar-refractivity contribution in [3.05, 3.63) is 24.3 Å². The third-order valence-electron chi connectivity index (χ3n) is 2.70. The fourth-order valence-electron chi connectivity index (χ4n) is 1.64. The average Bonchev–Trinajstić information content (AvgIpc) is 2.39. The summed E-state index contributed by atoms with van der Waals surface area (Å²) in [4.78, 5) is 0.279. The van der Waals surface area contributed by atoms with Crippen molar-refractivity contribution in [3.8, 4) is 0 Å². The molecule has 0 unspecified atom stereocenters. The molecule has 0 heterocycles. The molecule has 1 aromatic rings. The number of aliphatic hydroxyl groups excluding tert-OH is 1. The summed E-state index contributed by atoms with van der Waals surface area (Å²) in [5, 5.41) is 11.7. The summed E-state index contributed by atoms with van der Waals surface area (Å²) in [6.45, 7) is 2.51. The van der Waals surface area contributed by atoms with E-state index in [1.54, 1.807) is 38.2 Å². The Labute approximate surface area is 108 Å². The molecular formula is C12H20N2O3S. The highest BCUT2D eigenvalue weighted by atomic mass is 32.2. The van der Waals surface area contributed by atoms with Gasteiger partial charge < -0.3 is 10.4 Å². The monoisotopic (exact) mass is 272 g/mol. The topological polar surface area (TPSA) is 69.6 Å². The van der Waals surface area contributed by atoms with Gasteiger partial charge in [0.25, 0.3) is 0 Å². The number of rotatable bonds is 7. The second-order valence-electron chi connectivity index (χ2n) is 3.85. The van der Waals surface area contributed by atoms with Crippen LogP contribution in [0.3, 0.4) is 0 Å². The lowest BCUT2D eigenvalue weighted by Crippen LogP contribution is -2.32. The first-order chi connectivity index (χ1) is 8.56. The molecule has 0 saturated carbocycles. The zero-order chi connectivity index (χ0) is 13.6. The molecule has 0 aliphatic carbocycles. The minimum Gasteiger partial charge on any atom is -0.396 e. The van der Waals surface area contributed by atoms with Crippen molar-refractivity contribution >= 4 is 15.7 Å². The number of hydrogen-bond donors (Lipinski definition) is 2. The van der Waals surface area contributed by atoms with E-state index in [0.29, 0.717) is 19.5 Å². The number of hydrogen-bond acceptors (Lipinski definition) is 4. The van der Waals surface area contributed by atoms with Gasteiger partial charge in [-0.25, -0.2) is 8.42 Å². The lowest BCUT2D eigenvalue weighted by molar-refractivity contribution is 0.271. The normalized spacial score (nSPS) is 11.8. The smallest absolute Gasteiger partial charge is 0.243 e. The SMILES string of the molecule is CCN(CCCO)S(=O)(=O)c1ccc(NC)cc1. The van der Waals surface area contributed by atoms with E-state index in [9.17, 15) is 8.42 Å². The molecule has 0 saturated heterocycles. The number of benzene rings is 1. The maximum atomic E-state index is 12.3. The van der Waals surface area contributed by atoms with Gasteiger partial charge in [0.2, 0.25) is 10.0 Å². The van der Waals surface area contributed by atoms with Gasteiger partial charge in [0.1, 0.15) is 0 Å². The highest BCUT2D eigenvalue weighted by Crippen LogP contribution is 2.18. The lowest BCUT2D eigenvalue weighted by Gasteiger charge is -2.20. The fraction of sp³-hybridized carbons (Fsp3) is 0.500. The van der Waals surface area contributed by atoms with E-state index in [-0.39, 0.29) is 11.5 Å². The van der Waals surface area contributed by atoms with Crippen LogP contribution < -0.4 is 5.32 Å². The van der Waals surface area contributed by atoms with Crippen molar-refractivity contribution in [2.45, 2.75) is 18.2 Å². The first kappa shape index (κ1) is 14.9. The van der Waals surface area contributed by atoms with Crippen molar-refractivity contribution in [1.29, 1.82) is 0 Å². The summed E-state index contributed by atoms with van der Waals surface area (Å²) in [6.07, 6.45) is 0.446. The molecule has 1 rings (SSSR count). The minimum absolute atomic E-state index is 0.00921. The quantitative estimate of drug-likeness (QED) is 0.780. The number of aliphatic hydroxyl groups is 1. The Balaban J connectivity index is 2.95. The Morgan fingerprint density at radius 2 is 1.89 bits per heavy atom. The summed E-state index contributed by atoms with van der Waals surface area (Å²) in [5.74, 6) is 0. The number of anilines is 1. The van der Waals surface area contributed by atoms with Crippen LogP contribution in [-0.4, -0.2) is 44.6 Å². The first-order valence-corrected chi connectivity index (χ1v) is 7.39. The van der Waals surface area contributed by atoms with Gasteiger partial charge in [-0.05, 0) is 30.7 Å². The van der Waals surface area contributed by atoms with Crippen LogP contribution in [0.15, 0.2) is 29.2 Å². The van der Waals surface area contributed by atoms with Crippen molar-refractivity contribution in [3.63, 3.8) is 0 Å². The van der Waals surface area contributed by atoms with Crippen LogP contribution in [0, 0.1) is 0 Å². The van der Waals surface area contributed by atoms with Crippen LogP contribution in [0.5, 0.6) is 0 Å². The average molecular weight is 272 g/mol. The zero-order valence-corrected chi connectivity index (χ0v) is 11.6. The van der Waals surface area contributed by atoms with E-state index in [1.807, 2.05) is 0 Å². The Morgan fingerprint density at radius 3 is 2.33 bits per heavy atom. The molecule has 6 heteroatoms. The van der Waals surface area contributed by atoms with Crippen LogP contribution in [0.4, 0.5) is 5.69 Å². The summed E-state index contributed by atoms with van der Waals surface area (Å²) >= 11 is 0. The van der Waals surface area contributed by atoms with Gasteiger partial charge >= 0.3 is 0 Å². The van der Waals surface area contributed by atoms with Crippen LogP contribution >= 0.6 is 0 Å². The van der Waals surface area contributed by atoms with Crippen LogP contribution in [0.2, 0.25) is 0 Å². The predicted molar refractivity (Wildman–Crippen MR) is 72.1 cm³/mol. The summed E-state index contributed by atoms with van der Waals surface area (Å²) in [5.41, 5.74) is 0.868. The van der Waals surface area contributed by atoms with Crippen molar-refractivity contribution in [2.24, 2.45) is 0 Å². The van der Waals surface area contributed by atoms with E-state index < -0.39 is 10.0 Å². The standard InChI is InChI=1S/C12H20N2O3S/c1-3-14(9-4-10-15)18(16,17)12-7-5-11(13-2)6-8-12/h5-8,13,15H,3-4,9-10H2,1-2H3. The highest BCUT2D eigenvalue weighted by Gasteiger charge is 2.22. The van der Waals surface area contributed by atoms with E-state index in [1.165, 1.54) is 4.31 Å². The Morgan fingerprint density at radius 1 is 1.28 bits per heavy atom. The molecule has 0 aliphatic rings. The molecule has 0 aromatic heterocycles. The molecule has 0 bridgehead atoms. The third-order valence-corrected chi connectivity index (χ3v) is 4.69. The fourth-order valence-corrected chi connectivity index (χ4v) is 3.13. The molecule has 0 fully saturated rings. The molecule has 0 atom stereocenters. The largest absolute Gasteiger partial charge is 0.396 e. The highest BCUT2D eigenvalue weighted by molar-refractivity contribution is 7.89. The molecule has 0 spiro atoms. The van der Waals surface area contributed by atoms with E-state index >= 15 is 0 Å². The molecule has 2 N–H and O–H groups in total. The molecule has 0 radical (unpaired) electrons. The Kier molecular flexibility index (Phi) is 5.58. The van der Waals surface area contributed by atoms with Crippen LogP contribution in [0.25, 0.3) is 0 Å². The van der Waals surface area contributed by atoms with E-state index in [4.69, 9.17) is 5.11 Å². The van der Waals surface area contributed by atoms with E-state index in [0.717, 1.165) is 5.69 Å². The van der Waals surface area contributed by atoms with Crippen molar-refractivity contribution < 1.29 is 13.5 Å². The Hall–Kier alpha value is -1.11. The zero-order valence-electron chi connectivity index (χ0n) is 10.8. The maximum Gasteiger partial charge on any atom is 0.243 e. The second kappa shape index (κ2) is 6.72. The number of nitrogens with one attached hydrogen (secondary N) is 1. The molecule has 5 nitrogen and oxygen atoms in total. The van der Waals surface area contributed by atoms with Gasteiger partial charge in [0.05, 0.1) is 4.90 Å². The van der Waals surface area contributed by atoms with Crippen molar-refractivity contribution in [1.82, 2.24) is 4.31 Å². The maximum absolute atomic E-state index is 12.3. The Bertz CT molecular complexity index is 457. The van der Waals surface area contributed by atoms with Gasteiger partial charge in [0.15, 0.2) is 0 Å². The molecule has 0 aliphatic heterocycles. The lowest BCUT2D eigenvalue weighted by atomic mass is 10.3. The number of nitrogens with zero attached hydrogens (tertiary/aromatic N) is 1. The number of sulfonamides is 1. The van der Waals surface area contributed by atoms with Gasteiger partial charge in [-0.3, -0.25) is 0 Å². The summed E-state index contributed by atoms with van der Waals surface area (Å²) in [7, 11) is -1.67. The van der Waals surface area contributed by atoms with Gasteiger partial charge in [0, 0.05) is 32.4 Å². The summed E-state index contributed by atoms with van der Waals surface area (Å²) < 4.78 is 26.0. The molecule has 18 heavy (non-hydrogen) atoms. The van der Waals surface area contributed by atoms with Gasteiger partial charge in [-0.15, -0.1) is 0 Å². The minimum atomic E-state index is -3.45. The molecule has 102 valence electrons. The molecule has 1 aromatic carbocycles. The third kappa shape index (κ3) is 3.44. The molecule has 0 amide bonds. The van der Waals surface area contributed by atoms with Crippen LogP contribution in [-0.2, 0) is 10.0 Å². The molecular weight excluding hydrogens is 252 g/mol. The van der Waals surface area contributed by atoms with Crippen molar-refractivity contribution in [2.75, 3.05) is 32.1 Å². The van der Waals surface area contributed by atoms with Crippen LogP contribution in [0.1, 0.15) is 13.3 Å². The van der Waals surface area contributed by atoms with Gasteiger partial charge in [-0.1, -0.05) is 6.92 Å². The van der Waals surface area contributed by atoms with Gasteiger partial charge in [-0.2, -0.15) is 4.31 Å². The second-order valence-corrected chi connectivity index (χ2v) is 5.79.